The number of benzene rings is 5. The Morgan fingerprint density at radius 2 is 1.25 bits per heavy atom. The van der Waals surface area contributed by atoms with E-state index < -0.39 is 11.5 Å². The van der Waals surface area contributed by atoms with E-state index in [-0.39, 0.29) is 0 Å². The summed E-state index contributed by atoms with van der Waals surface area (Å²) in [5, 5.41) is 23.9. The zero-order valence-corrected chi connectivity index (χ0v) is 29.0. The van der Waals surface area contributed by atoms with Gasteiger partial charge in [-0.05, 0) is 74.7 Å². The maximum absolute atomic E-state index is 12.4. The minimum atomic E-state index is -0.879. The maximum atomic E-state index is 12.4. The first-order chi connectivity index (χ1) is 25.1. The second-order valence-corrected chi connectivity index (χ2v) is 12.8. The number of carboxylic acid groups (broad SMARTS) is 1. The van der Waals surface area contributed by atoms with E-state index in [1.807, 2.05) is 46.5 Å². The van der Waals surface area contributed by atoms with E-state index >= 15 is 0 Å². The van der Waals surface area contributed by atoms with Crippen molar-refractivity contribution in [2.75, 3.05) is 0 Å². The topological polar surface area (TPSA) is 85.8 Å². The molecule has 0 unspecified atom stereocenters. The molecule has 0 atom stereocenters. The number of hydrogen-bond donors (Lipinski definition) is 1. The smallest absolute Gasteiger partial charge is 0.352 e. The molecule has 0 bridgehead atoms. The number of nitrogens with zero attached hydrogens (tertiary/aromatic N) is 5. The molecule has 254 valence electrons. The molecular formula is C44H41N5O2. The Morgan fingerprint density at radius 1 is 0.706 bits per heavy atom. The van der Waals surface area contributed by atoms with Crippen LogP contribution in [0.4, 0.5) is 0 Å². The van der Waals surface area contributed by atoms with Gasteiger partial charge < -0.3 is 9.67 Å². The van der Waals surface area contributed by atoms with Crippen molar-refractivity contribution in [2.24, 2.45) is 0 Å². The van der Waals surface area contributed by atoms with Gasteiger partial charge in [0.15, 0.2) is 5.82 Å². The van der Waals surface area contributed by atoms with E-state index in [0.717, 1.165) is 69.5 Å². The van der Waals surface area contributed by atoms with Crippen LogP contribution in [0, 0.1) is 0 Å². The summed E-state index contributed by atoms with van der Waals surface area (Å²) in [4.78, 5) is 12.4. The number of aryl methyl sites for hydroxylation is 2. The van der Waals surface area contributed by atoms with Gasteiger partial charge in [-0.1, -0.05) is 160 Å². The molecule has 0 fully saturated rings. The average Bonchev–Trinajstić information content (AvgIpc) is 3.81. The van der Waals surface area contributed by atoms with Gasteiger partial charge in [-0.3, -0.25) is 0 Å². The number of unbranched alkanes of at least 4 members (excludes halogenated alkanes) is 1. The third-order valence-corrected chi connectivity index (χ3v) is 9.77. The fourth-order valence-electron chi connectivity index (χ4n) is 7.32. The minimum Gasteiger partial charge on any atom is -0.477 e. The summed E-state index contributed by atoms with van der Waals surface area (Å²) < 4.78 is 3.95. The molecule has 0 aliphatic carbocycles. The van der Waals surface area contributed by atoms with E-state index in [1.54, 1.807) is 0 Å². The summed E-state index contributed by atoms with van der Waals surface area (Å²) >= 11 is 0. The van der Waals surface area contributed by atoms with Gasteiger partial charge in [0.1, 0.15) is 11.2 Å². The van der Waals surface area contributed by atoms with Gasteiger partial charge in [0.2, 0.25) is 0 Å². The van der Waals surface area contributed by atoms with Crippen LogP contribution >= 0.6 is 0 Å². The van der Waals surface area contributed by atoms with Crippen LogP contribution in [-0.2, 0) is 24.9 Å². The van der Waals surface area contributed by atoms with Crippen molar-refractivity contribution >= 4 is 5.97 Å². The van der Waals surface area contributed by atoms with Crippen LogP contribution in [0.25, 0.3) is 22.5 Å². The highest BCUT2D eigenvalue weighted by Gasteiger charge is 2.42. The van der Waals surface area contributed by atoms with Crippen molar-refractivity contribution in [3.05, 3.63) is 185 Å². The molecule has 2 heterocycles. The highest BCUT2D eigenvalue weighted by Crippen LogP contribution is 2.43. The van der Waals surface area contributed by atoms with E-state index in [2.05, 4.69) is 127 Å². The zero-order chi connectivity index (χ0) is 35.2. The molecule has 51 heavy (non-hydrogen) atoms. The molecule has 0 amide bonds. The average molecular weight is 672 g/mol. The van der Waals surface area contributed by atoms with Crippen molar-refractivity contribution in [2.45, 2.75) is 51.6 Å². The molecule has 7 aromatic rings. The van der Waals surface area contributed by atoms with Crippen LogP contribution in [0.15, 0.2) is 146 Å². The number of carboxylic acids is 1. The first kappa shape index (κ1) is 33.4. The standard InChI is InChI=1S/C44H41N5O2/c1-3-5-23-38-30-33(4-2)41(43(50)51)48(38)31-32-26-28-34(29-27-32)39-24-15-16-25-40(39)42-45-46-47-49(42)44(35-17-9-6-10-18-35,36-19-11-7-12-20-36)37-21-13-8-14-22-37/h6-22,24-30H,3-5,23,31H2,1-2H3,(H,50,51). The summed E-state index contributed by atoms with van der Waals surface area (Å²) in [6, 6.07) is 49.9. The lowest BCUT2D eigenvalue weighted by atomic mass is 9.77. The van der Waals surface area contributed by atoms with Gasteiger partial charge in [-0.25, -0.2) is 9.48 Å². The number of tetrazole rings is 1. The van der Waals surface area contributed by atoms with E-state index in [4.69, 9.17) is 10.3 Å². The van der Waals surface area contributed by atoms with Gasteiger partial charge >= 0.3 is 5.97 Å². The lowest BCUT2D eigenvalue weighted by Gasteiger charge is -2.36. The molecule has 1 N–H and O–H groups in total. The van der Waals surface area contributed by atoms with E-state index in [0.29, 0.717) is 24.5 Å². The van der Waals surface area contributed by atoms with Gasteiger partial charge in [0.25, 0.3) is 0 Å². The number of carbonyl (C=O) groups is 1. The SMILES string of the molecule is CCCCc1cc(CC)c(C(=O)O)n1Cc1ccc(-c2ccccc2-c2nnnn2C(c2ccccc2)(c2ccccc2)c2ccccc2)cc1. The van der Waals surface area contributed by atoms with Gasteiger partial charge in [-0.15, -0.1) is 5.10 Å². The first-order valence-electron chi connectivity index (χ1n) is 17.6. The third kappa shape index (κ3) is 6.27. The van der Waals surface area contributed by atoms with Crippen LogP contribution in [0.2, 0.25) is 0 Å². The second kappa shape index (κ2) is 14.8. The molecule has 0 radical (unpaired) electrons. The maximum Gasteiger partial charge on any atom is 0.352 e. The largest absolute Gasteiger partial charge is 0.477 e. The Hall–Kier alpha value is -6.08. The minimum absolute atomic E-state index is 0.392. The predicted octanol–water partition coefficient (Wildman–Crippen LogP) is 9.30. The molecule has 7 nitrogen and oxygen atoms in total. The highest BCUT2D eigenvalue weighted by atomic mass is 16.4. The Kier molecular flexibility index (Phi) is 9.70. The zero-order valence-electron chi connectivity index (χ0n) is 29.0. The number of rotatable bonds is 13. The van der Waals surface area contributed by atoms with Crippen molar-refractivity contribution < 1.29 is 9.90 Å². The number of aromatic nitrogens is 5. The van der Waals surface area contributed by atoms with Gasteiger partial charge in [0.05, 0.1) is 0 Å². The van der Waals surface area contributed by atoms with Crippen molar-refractivity contribution in [1.29, 1.82) is 0 Å². The molecule has 2 aromatic heterocycles. The van der Waals surface area contributed by atoms with Crippen molar-refractivity contribution in [3.63, 3.8) is 0 Å². The van der Waals surface area contributed by atoms with Crippen LogP contribution in [0.1, 0.15) is 70.7 Å². The van der Waals surface area contributed by atoms with Crippen molar-refractivity contribution in [1.82, 2.24) is 24.8 Å². The lowest BCUT2D eigenvalue weighted by Crippen LogP contribution is -2.39. The predicted molar refractivity (Wildman–Crippen MR) is 202 cm³/mol. The summed E-state index contributed by atoms with van der Waals surface area (Å²) in [6.45, 7) is 4.67. The molecular weight excluding hydrogens is 631 g/mol. The summed E-state index contributed by atoms with van der Waals surface area (Å²) in [5.74, 6) is -0.243. The highest BCUT2D eigenvalue weighted by molar-refractivity contribution is 5.88. The van der Waals surface area contributed by atoms with Crippen LogP contribution in [0.5, 0.6) is 0 Å². The molecule has 0 saturated carbocycles. The lowest BCUT2D eigenvalue weighted by molar-refractivity contribution is 0.0684. The molecule has 7 heteroatoms. The molecule has 0 saturated heterocycles. The monoisotopic (exact) mass is 671 g/mol. The Labute approximate surface area is 298 Å². The van der Waals surface area contributed by atoms with Crippen LogP contribution in [0.3, 0.4) is 0 Å². The fourth-order valence-corrected chi connectivity index (χ4v) is 7.32. The Bertz CT molecular complexity index is 2130. The van der Waals surface area contributed by atoms with Gasteiger partial charge in [0, 0.05) is 17.8 Å². The normalized spacial score (nSPS) is 11.5. The third-order valence-electron chi connectivity index (χ3n) is 9.77. The molecule has 0 aliphatic heterocycles. The Balaban J connectivity index is 1.33. The second-order valence-electron chi connectivity index (χ2n) is 12.8. The van der Waals surface area contributed by atoms with Crippen LogP contribution in [-0.4, -0.2) is 35.9 Å². The summed E-state index contributed by atoms with van der Waals surface area (Å²) in [6.07, 6.45) is 3.60. The Morgan fingerprint density at radius 3 is 1.78 bits per heavy atom. The quantitative estimate of drug-likeness (QED) is 0.124. The first-order valence-corrected chi connectivity index (χ1v) is 17.6. The molecule has 5 aromatic carbocycles. The van der Waals surface area contributed by atoms with Crippen LogP contribution < -0.4 is 0 Å². The van der Waals surface area contributed by atoms with E-state index in [9.17, 15) is 9.90 Å². The number of aromatic carboxylic acids is 1. The number of hydrogen-bond acceptors (Lipinski definition) is 4. The van der Waals surface area contributed by atoms with Gasteiger partial charge in [-0.2, -0.15) is 0 Å². The fraction of sp³-hybridized carbons (Fsp3) is 0.182. The van der Waals surface area contributed by atoms with E-state index in [1.165, 1.54) is 0 Å². The molecule has 0 aliphatic rings. The molecule has 0 spiro atoms. The summed E-state index contributed by atoms with van der Waals surface area (Å²) in [7, 11) is 0. The molecule has 7 rings (SSSR count). The van der Waals surface area contributed by atoms with Crippen molar-refractivity contribution in [3.8, 4) is 22.5 Å². The summed E-state index contributed by atoms with van der Waals surface area (Å²) in [5.41, 5.74) is 8.53.